The lowest BCUT2D eigenvalue weighted by Crippen LogP contribution is -2.53. The van der Waals surface area contributed by atoms with Crippen molar-refractivity contribution in [3.8, 4) is 0 Å². The Hall–Kier alpha value is 0.250. The van der Waals surface area contributed by atoms with Crippen molar-refractivity contribution in [3.63, 3.8) is 0 Å². The Labute approximate surface area is 113 Å². The molecule has 0 heterocycles. The summed E-state index contributed by atoms with van der Waals surface area (Å²) in [5.74, 6) is 3.27. The van der Waals surface area contributed by atoms with Gasteiger partial charge in [-0.05, 0) is 82.5 Å². The normalized spacial score (nSPS) is 43.6. The molecule has 2 heteroatoms. The fourth-order valence-corrected chi connectivity index (χ4v) is 4.96. The van der Waals surface area contributed by atoms with Crippen LogP contribution in [0.2, 0.25) is 0 Å². The summed E-state index contributed by atoms with van der Waals surface area (Å²) in [6, 6.07) is 0. The SMILES string of the molecule is CC(C)(C)NCC12CC3CC(CC(C3)C1)C2.Cl. The van der Waals surface area contributed by atoms with Crippen molar-refractivity contribution in [1.29, 1.82) is 0 Å². The van der Waals surface area contributed by atoms with Crippen LogP contribution in [0.25, 0.3) is 0 Å². The van der Waals surface area contributed by atoms with E-state index in [9.17, 15) is 0 Å². The summed E-state index contributed by atoms with van der Waals surface area (Å²) in [5, 5.41) is 3.78. The van der Waals surface area contributed by atoms with Crippen molar-refractivity contribution in [2.75, 3.05) is 6.54 Å². The second kappa shape index (κ2) is 4.42. The van der Waals surface area contributed by atoms with E-state index in [4.69, 9.17) is 0 Å². The number of hydrogen-bond donors (Lipinski definition) is 1. The highest BCUT2D eigenvalue weighted by Crippen LogP contribution is 2.59. The molecule has 1 N–H and O–H groups in total. The van der Waals surface area contributed by atoms with Gasteiger partial charge in [0.15, 0.2) is 0 Å². The van der Waals surface area contributed by atoms with Crippen LogP contribution in [0.5, 0.6) is 0 Å². The minimum absolute atomic E-state index is 0. The van der Waals surface area contributed by atoms with E-state index in [1.165, 1.54) is 25.8 Å². The van der Waals surface area contributed by atoms with Gasteiger partial charge in [-0.1, -0.05) is 0 Å². The molecule has 0 spiro atoms. The van der Waals surface area contributed by atoms with Gasteiger partial charge in [-0.3, -0.25) is 0 Å². The van der Waals surface area contributed by atoms with Crippen LogP contribution in [0.1, 0.15) is 59.3 Å². The van der Waals surface area contributed by atoms with Gasteiger partial charge < -0.3 is 5.32 Å². The fourth-order valence-electron chi connectivity index (χ4n) is 4.96. The number of nitrogens with one attached hydrogen (secondary N) is 1. The molecule has 0 atom stereocenters. The van der Waals surface area contributed by atoms with Gasteiger partial charge in [-0.25, -0.2) is 0 Å². The molecule has 0 radical (unpaired) electrons. The minimum atomic E-state index is 0. The van der Waals surface area contributed by atoms with E-state index in [2.05, 4.69) is 26.1 Å². The third-order valence-corrected chi connectivity index (χ3v) is 5.16. The molecule has 0 aliphatic heterocycles. The monoisotopic (exact) mass is 257 g/mol. The molecule has 0 unspecified atom stereocenters. The van der Waals surface area contributed by atoms with Crippen LogP contribution >= 0.6 is 12.4 Å². The molecule has 17 heavy (non-hydrogen) atoms. The van der Waals surface area contributed by atoms with Crippen molar-refractivity contribution < 1.29 is 0 Å². The Morgan fingerprint density at radius 1 is 0.941 bits per heavy atom. The van der Waals surface area contributed by atoms with Crippen LogP contribution in [0.3, 0.4) is 0 Å². The lowest BCUT2D eigenvalue weighted by atomic mass is 9.49. The number of halogens is 1. The summed E-state index contributed by atoms with van der Waals surface area (Å²) in [6.07, 6.45) is 9.28. The molecule has 4 rings (SSSR count). The molecule has 1 nitrogen and oxygen atoms in total. The van der Waals surface area contributed by atoms with Crippen LogP contribution in [-0.2, 0) is 0 Å². The Bertz CT molecular complexity index is 244. The highest BCUT2D eigenvalue weighted by Gasteiger charge is 2.50. The summed E-state index contributed by atoms with van der Waals surface area (Å²) < 4.78 is 0. The van der Waals surface area contributed by atoms with Gasteiger partial charge in [0.05, 0.1) is 0 Å². The topological polar surface area (TPSA) is 12.0 Å². The Kier molecular flexibility index (Phi) is 3.55. The van der Waals surface area contributed by atoms with E-state index in [0.29, 0.717) is 11.0 Å². The third-order valence-electron chi connectivity index (χ3n) is 5.16. The zero-order valence-electron chi connectivity index (χ0n) is 11.6. The number of hydrogen-bond acceptors (Lipinski definition) is 1. The minimum Gasteiger partial charge on any atom is -0.312 e. The Balaban J connectivity index is 0.00000108. The second-order valence-corrected chi connectivity index (χ2v) is 8.02. The summed E-state index contributed by atoms with van der Waals surface area (Å²) in [5.41, 5.74) is 0.991. The van der Waals surface area contributed by atoms with Crippen LogP contribution in [0.4, 0.5) is 0 Å². The standard InChI is InChI=1S/C15H27N.ClH/c1-14(2,3)16-10-15-7-11-4-12(8-15)6-13(5-11)9-15;/h11-13,16H,4-10H2,1-3H3;1H. The first-order valence-corrected chi connectivity index (χ1v) is 7.19. The molecular weight excluding hydrogens is 230 g/mol. The molecule has 4 aliphatic carbocycles. The van der Waals surface area contributed by atoms with Gasteiger partial charge >= 0.3 is 0 Å². The highest BCUT2D eigenvalue weighted by atomic mass is 35.5. The van der Waals surface area contributed by atoms with Crippen molar-refractivity contribution in [2.45, 2.75) is 64.8 Å². The molecule has 100 valence electrons. The highest BCUT2D eigenvalue weighted by molar-refractivity contribution is 5.85. The maximum atomic E-state index is 3.78. The van der Waals surface area contributed by atoms with E-state index >= 15 is 0 Å². The average molecular weight is 258 g/mol. The maximum absolute atomic E-state index is 3.78. The first kappa shape index (κ1) is 13.7. The lowest BCUT2D eigenvalue weighted by Gasteiger charge is -2.57. The Morgan fingerprint density at radius 3 is 1.71 bits per heavy atom. The molecule has 0 aromatic carbocycles. The molecule has 0 saturated heterocycles. The van der Waals surface area contributed by atoms with Gasteiger partial charge in [-0.15, -0.1) is 12.4 Å². The first-order valence-electron chi connectivity index (χ1n) is 7.19. The zero-order valence-corrected chi connectivity index (χ0v) is 12.4. The molecule has 4 fully saturated rings. The quantitative estimate of drug-likeness (QED) is 0.788. The molecule has 4 bridgehead atoms. The maximum Gasteiger partial charge on any atom is 0.00967 e. The van der Waals surface area contributed by atoms with Crippen molar-refractivity contribution in [2.24, 2.45) is 23.2 Å². The second-order valence-electron chi connectivity index (χ2n) is 8.02. The van der Waals surface area contributed by atoms with E-state index in [1.807, 2.05) is 0 Å². The van der Waals surface area contributed by atoms with E-state index < -0.39 is 0 Å². The average Bonchev–Trinajstić information content (AvgIpc) is 2.11. The summed E-state index contributed by atoms with van der Waals surface area (Å²) in [4.78, 5) is 0. The Morgan fingerprint density at radius 2 is 1.35 bits per heavy atom. The van der Waals surface area contributed by atoms with Crippen LogP contribution < -0.4 is 5.32 Å². The van der Waals surface area contributed by atoms with E-state index in [0.717, 1.165) is 17.8 Å². The number of rotatable bonds is 2. The first-order chi connectivity index (χ1) is 7.44. The molecule has 0 amide bonds. The van der Waals surface area contributed by atoms with Crippen molar-refractivity contribution in [3.05, 3.63) is 0 Å². The van der Waals surface area contributed by atoms with Gasteiger partial charge in [0.25, 0.3) is 0 Å². The third kappa shape index (κ3) is 2.81. The molecule has 4 saturated carbocycles. The van der Waals surface area contributed by atoms with Gasteiger partial charge in [0.2, 0.25) is 0 Å². The molecular formula is C15H28ClN. The van der Waals surface area contributed by atoms with Gasteiger partial charge in [0.1, 0.15) is 0 Å². The smallest absolute Gasteiger partial charge is 0.00967 e. The predicted molar refractivity (Wildman–Crippen MR) is 75.6 cm³/mol. The molecule has 4 aliphatic rings. The van der Waals surface area contributed by atoms with Crippen LogP contribution in [0, 0.1) is 23.2 Å². The zero-order chi connectivity index (χ0) is 11.4. The largest absolute Gasteiger partial charge is 0.312 e. The van der Waals surface area contributed by atoms with E-state index in [-0.39, 0.29) is 12.4 Å². The molecule has 0 aromatic rings. The van der Waals surface area contributed by atoms with Gasteiger partial charge in [-0.2, -0.15) is 0 Å². The predicted octanol–water partition coefficient (Wildman–Crippen LogP) is 4.01. The van der Waals surface area contributed by atoms with E-state index in [1.54, 1.807) is 19.3 Å². The summed E-state index contributed by atoms with van der Waals surface area (Å²) in [7, 11) is 0. The lowest BCUT2D eigenvalue weighted by molar-refractivity contribution is -0.0537. The molecule has 0 aromatic heterocycles. The summed E-state index contributed by atoms with van der Waals surface area (Å²) >= 11 is 0. The van der Waals surface area contributed by atoms with Crippen LogP contribution in [-0.4, -0.2) is 12.1 Å². The van der Waals surface area contributed by atoms with Crippen molar-refractivity contribution >= 4 is 12.4 Å². The summed E-state index contributed by atoms with van der Waals surface area (Å²) in [6.45, 7) is 8.18. The van der Waals surface area contributed by atoms with Gasteiger partial charge in [0, 0.05) is 12.1 Å². The van der Waals surface area contributed by atoms with Crippen LogP contribution in [0.15, 0.2) is 0 Å². The fraction of sp³-hybridized carbons (Fsp3) is 1.00. The van der Waals surface area contributed by atoms with Crippen molar-refractivity contribution in [1.82, 2.24) is 5.32 Å².